The van der Waals surface area contributed by atoms with Crippen molar-refractivity contribution in [1.29, 1.82) is 0 Å². The third-order valence-corrected chi connectivity index (χ3v) is 8.49. The van der Waals surface area contributed by atoms with E-state index in [4.69, 9.17) is 4.74 Å². The summed E-state index contributed by atoms with van der Waals surface area (Å²) in [6.07, 6.45) is 3.27. The number of hydrogen-bond acceptors (Lipinski definition) is 8. The molecule has 3 aliphatic heterocycles. The lowest BCUT2D eigenvalue weighted by molar-refractivity contribution is -0.138. The first-order valence-electron chi connectivity index (χ1n) is 13.7. The van der Waals surface area contributed by atoms with E-state index in [0.29, 0.717) is 43.1 Å². The van der Waals surface area contributed by atoms with Crippen LogP contribution in [0.25, 0.3) is 0 Å². The smallest absolute Gasteiger partial charge is 0.333 e. The number of ketones is 1. The van der Waals surface area contributed by atoms with Crippen molar-refractivity contribution in [2.75, 3.05) is 64.8 Å². The van der Waals surface area contributed by atoms with Gasteiger partial charge in [-0.15, -0.1) is 0 Å². The number of hydrazine groups is 1. The van der Waals surface area contributed by atoms with Crippen LogP contribution in [0.2, 0.25) is 0 Å². The van der Waals surface area contributed by atoms with Crippen LogP contribution in [0, 0.1) is 11.8 Å². The van der Waals surface area contributed by atoms with Crippen LogP contribution < -0.4 is 10.7 Å². The maximum absolute atomic E-state index is 13.7. The van der Waals surface area contributed by atoms with Crippen molar-refractivity contribution in [1.82, 2.24) is 20.2 Å². The van der Waals surface area contributed by atoms with E-state index < -0.39 is 6.04 Å². The van der Waals surface area contributed by atoms with Crippen molar-refractivity contribution in [3.63, 3.8) is 0 Å². The maximum atomic E-state index is 13.7. The molecule has 11 heteroatoms. The van der Waals surface area contributed by atoms with Crippen molar-refractivity contribution in [2.45, 2.75) is 31.7 Å². The molecule has 1 aromatic rings. The molecule has 0 radical (unpaired) electrons. The number of azo groups is 1. The van der Waals surface area contributed by atoms with Crippen LogP contribution >= 0.6 is 0 Å². The van der Waals surface area contributed by atoms with E-state index in [2.05, 4.69) is 32.9 Å². The van der Waals surface area contributed by atoms with E-state index in [-0.39, 0.29) is 29.6 Å². The van der Waals surface area contributed by atoms with Gasteiger partial charge < -0.3 is 19.9 Å². The Balaban J connectivity index is 1.13. The lowest BCUT2D eigenvalue weighted by Crippen LogP contribution is -2.49. The summed E-state index contributed by atoms with van der Waals surface area (Å²) in [5.41, 5.74) is 6.00. The zero-order chi connectivity index (χ0) is 26.2. The molecule has 2 aliphatic carbocycles. The standard InChI is InChI=1S/C27H35N7O4/c1-32-9-11-33(12-10-32)26(36)18-7-5-17(6-8-18)23-22-24(30-29-23)19-3-2-4-20(21(19)25(22)35)28-27(37)31-34-13-15-38-16-14-34/h2-4,17-18,24H,5-16H2,1H3,(H2,28,31,37). The van der Waals surface area contributed by atoms with Crippen LogP contribution in [-0.4, -0.2) is 92.1 Å². The zero-order valence-electron chi connectivity index (χ0n) is 21.8. The number of nitrogens with zero attached hydrogens (tertiary/aromatic N) is 5. The normalized spacial score (nSPS) is 27.9. The minimum Gasteiger partial charge on any atom is -0.379 e. The Morgan fingerprint density at radius 3 is 2.47 bits per heavy atom. The summed E-state index contributed by atoms with van der Waals surface area (Å²) in [6, 6.07) is 4.68. The van der Waals surface area contributed by atoms with Crippen molar-refractivity contribution >= 4 is 23.4 Å². The van der Waals surface area contributed by atoms with Gasteiger partial charge in [0, 0.05) is 51.1 Å². The topological polar surface area (TPSA) is 119 Å². The first-order valence-corrected chi connectivity index (χ1v) is 13.7. The van der Waals surface area contributed by atoms with Crippen LogP contribution in [0.4, 0.5) is 10.5 Å². The molecule has 202 valence electrons. The van der Waals surface area contributed by atoms with E-state index in [9.17, 15) is 14.4 Å². The Kier molecular flexibility index (Phi) is 6.98. The molecule has 1 atom stereocenters. The third-order valence-electron chi connectivity index (χ3n) is 8.49. The number of fused-ring (bicyclic) bond motifs is 3. The lowest BCUT2D eigenvalue weighted by Gasteiger charge is -2.36. The second kappa shape index (κ2) is 10.5. The van der Waals surface area contributed by atoms with Gasteiger partial charge in [-0.25, -0.2) is 9.80 Å². The van der Waals surface area contributed by atoms with Crippen LogP contribution in [0.5, 0.6) is 0 Å². The molecule has 2 N–H and O–H groups in total. The van der Waals surface area contributed by atoms with E-state index in [1.165, 1.54) is 0 Å². The summed E-state index contributed by atoms with van der Waals surface area (Å²) >= 11 is 0. The van der Waals surface area contributed by atoms with Gasteiger partial charge in [0.1, 0.15) is 6.04 Å². The molecule has 5 aliphatic rings. The van der Waals surface area contributed by atoms with Crippen LogP contribution in [0.15, 0.2) is 39.7 Å². The SMILES string of the molecule is CN1CCN(C(=O)C2CCC(C3=C4C(=O)c5c(NC(=O)NN6CCOCC6)cccc5C4N=N3)CC2)CC1. The van der Waals surface area contributed by atoms with Gasteiger partial charge in [-0.05, 0) is 44.4 Å². The number of hydrogen-bond donors (Lipinski definition) is 2. The van der Waals surface area contributed by atoms with Gasteiger partial charge in [0.15, 0.2) is 5.78 Å². The fourth-order valence-corrected chi connectivity index (χ4v) is 6.29. The highest BCUT2D eigenvalue weighted by Gasteiger charge is 2.44. The van der Waals surface area contributed by atoms with Crippen molar-refractivity contribution in [3.05, 3.63) is 40.6 Å². The van der Waals surface area contributed by atoms with Crippen LogP contribution in [0.3, 0.4) is 0 Å². The molecule has 11 nitrogen and oxygen atoms in total. The summed E-state index contributed by atoms with van der Waals surface area (Å²) in [7, 11) is 2.09. The highest BCUT2D eigenvalue weighted by Crippen LogP contribution is 2.50. The number of ether oxygens (including phenoxy) is 1. The molecular weight excluding hydrogens is 486 g/mol. The van der Waals surface area contributed by atoms with Gasteiger partial charge in [0.2, 0.25) is 5.91 Å². The van der Waals surface area contributed by atoms with Gasteiger partial charge in [-0.1, -0.05) is 12.1 Å². The molecule has 1 unspecified atom stereocenters. The Hall–Kier alpha value is -3.15. The Morgan fingerprint density at radius 1 is 1.00 bits per heavy atom. The summed E-state index contributed by atoms with van der Waals surface area (Å²) < 4.78 is 5.32. The predicted octanol–water partition coefficient (Wildman–Crippen LogP) is 2.59. The summed E-state index contributed by atoms with van der Waals surface area (Å²) in [5.74, 6) is 0.333. The predicted molar refractivity (Wildman–Crippen MR) is 139 cm³/mol. The van der Waals surface area contributed by atoms with Crippen LogP contribution in [0.1, 0.15) is 47.6 Å². The third kappa shape index (κ3) is 4.74. The summed E-state index contributed by atoms with van der Waals surface area (Å²) in [6.45, 7) is 5.80. The molecule has 1 saturated carbocycles. The molecular formula is C27H35N7O4. The number of urea groups is 1. The van der Waals surface area contributed by atoms with E-state index in [1.807, 2.05) is 17.0 Å². The molecule has 2 saturated heterocycles. The number of carbonyl (C=O) groups is 3. The molecule has 3 heterocycles. The average molecular weight is 522 g/mol. The minimum absolute atomic E-state index is 0.0478. The number of rotatable bonds is 4. The Labute approximate surface area is 222 Å². The van der Waals surface area contributed by atoms with Gasteiger partial charge in [-0.3, -0.25) is 15.0 Å². The molecule has 6 rings (SSSR count). The monoisotopic (exact) mass is 521 g/mol. The lowest BCUT2D eigenvalue weighted by atomic mass is 9.78. The molecule has 3 amide bonds. The molecule has 1 aromatic carbocycles. The minimum atomic E-state index is -0.416. The number of amides is 3. The molecule has 0 bridgehead atoms. The summed E-state index contributed by atoms with van der Waals surface area (Å²) in [5, 5.41) is 13.7. The largest absolute Gasteiger partial charge is 0.379 e. The molecule has 0 aromatic heterocycles. The number of anilines is 1. The quantitative estimate of drug-likeness (QED) is 0.629. The number of Topliss-reactive ketones (excluding diaryl/α,β-unsaturated/α-hetero) is 1. The highest BCUT2D eigenvalue weighted by atomic mass is 16.5. The highest BCUT2D eigenvalue weighted by molar-refractivity contribution is 6.19. The van der Waals surface area contributed by atoms with Gasteiger partial charge in [-0.2, -0.15) is 10.2 Å². The first kappa shape index (κ1) is 25.1. The molecule has 38 heavy (non-hydrogen) atoms. The van der Waals surface area contributed by atoms with E-state index >= 15 is 0 Å². The van der Waals surface area contributed by atoms with Crippen LogP contribution in [-0.2, 0) is 9.53 Å². The number of morpholine rings is 1. The van der Waals surface area contributed by atoms with E-state index in [0.717, 1.165) is 63.1 Å². The first-order chi connectivity index (χ1) is 18.5. The van der Waals surface area contributed by atoms with Crippen molar-refractivity contribution < 1.29 is 19.1 Å². The number of nitrogens with one attached hydrogen (secondary N) is 2. The number of allylic oxidation sites excluding steroid dienone is 1. The van der Waals surface area contributed by atoms with Crippen molar-refractivity contribution in [3.8, 4) is 0 Å². The Morgan fingerprint density at radius 2 is 1.74 bits per heavy atom. The Bertz CT molecular complexity index is 1180. The van der Waals surface area contributed by atoms with Gasteiger partial charge >= 0.3 is 6.03 Å². The fourth-order valence-electron chi connectivity index (χ4n) is 6.29. The number of benzene rings is 1. The zero-order valence-corrected chi connectivity index (χ0v) is 21.8. The number of likely N-dealkylation sites (N-methyl/N-ethyl adjacent to an activating group) is 1. The maximum Gasteiger partial charge on any atom is 0.333 e. The number of carbonyl (C=O) groups excluding carboxylic acids is 3. The number of piperazine rings is 1. The molecule has 0 spiro atoms. The fraction of sp³-hybridized carbons (Fsp3) is 0.593. The van der Waals surface area contributed by atoms with Crippen molar-refractivity contribution in [2.24, 2.45) is 22.1 Å². The summed E-state index contributed by atoms with van der Waals surface area (Å²) in [4.78, 5) is 43.7. The van der Waals surface area contributed by atoms with Gasteiger partial charge in [0.05, 0.1) is 35.7 Å². The second-order valence-corrected chi connectivity index (χ2v) is 10.9. The van der Waals surface area contributed by atoms with E-state index in [1.54, 1.807) is 11.1 Å². The average Bonchev–Trinajstić information content (AvgIpc) is 3.49. The second-order valence-electron chi connectivity index (χ2n) is 10.9. The van der Waals surface area contributed by atoms with Gasteiger partial charge in [0.25, 0.3) is 0 Å². The molecule has 3 fully saturated rings.